The molecule has 0 spiro atoms. The van der Waals surface area contributed by atoms with Crippen LogP contribution in [0.2, 0.25) is 0 Å². The minimum Gasteiger partial charge on any atom is -0.396 e. The number of nitriles is 1. The molecule has 0 aliphatic carbocycles. The summed E-state index contributed by atoms with van der Waals surface area (Å²) in [5.41, 5.74) is 8.79. The van der Waals surface area contributed by atoms with Crippen LogP contribution in [0, 0.1) is 18.3 Å². The van der Waals surface area contributed by atoms with E-state index in [1.165, 1.54) is 23.8 Å². The molecular formula is C15H15N3OS. The Morgan fingerprint density at radius 1 is 1.45 bits per heavy atom. The molecule has 3 N–H and O–H groups in total. The minimum absolute atomic E-state index is 0.118. The second kappa shape index (κ2) is 5.76. The van der Waals surface area contributed by atoms with E-state index >= 15 is 0 Å². The fourth-order valence-electron chi connectivity index (χ4n) is 1.92. The normalized spacial score (nSPS) is 10.1. The Morgan fingerprint density at radius 3 is 2.75 bits per heavy atom. The Morgan fingerprint density at radius 2 is 2.15 bits per heavy atom. The lowest BCUT2D eigenvalue weighted by Crippen LogP contribution is -2.01. The second-order valence-corrected chi connectivity index (χ2v) is 5.52. The number of carbonyl (C=O) groups excluding carboxylic acids is 1. The molecule has 5 heteroatoms. The van der Waals surface area contributed by atoms with Crippen molar-refractivity contribution < 1.29 is 4.79 Å². The van der Waals surface area contributed by atoms with E-state index in [1.54, 1.807) is 0 Å². The first-order chi connectivity index (χ1) is 9.54. The number of nitrogens with one attached hydrogen (secondary N) is 1. The predicted molar refractivity (Wildman–Crippen MR) is 82.0 cm³/mol. The zero-order chi connectivity index (χ0) is 14.7. The van der Waals surface area contributed by atoms with Gasteiger partial charge in [0.05, 0.1) is 10.6 Å². The lowest BCUT2D eigenvalue weighted by molar-refractivity contribution is 0.102. The lowest BCUT2D eigenvalue weighted by atomic mass is 10.1. The average molecular weight is 285 g/mol. The molecule has 0 saturated carbocycles. The van der Waals surface area contributed by atoms with Crippen LogP contribution in [0.15, 0.2) is 24.3 Å². The second-order valence-electron chi connectivity index (χ2n) is 4.50. The molecule has 1 aromatic carbocycles. The highest BCUT2D eigenvalue weighted by Gasteiger charge is 2.18. The molecule has 0 atom stereocenters. The zero-order valence-electron chi connectivity index (χ0n) is 11.4. The molecule has 1 aromatic heterocycles. The van der Waals surface area contributed by atoms with Crippen molar-refractivity contribution in [3.05, 3.63) is 45.8 Å². The van der Waals surface area contributed by atoms with Crippen molar-refractivity contribution in [2.24, 2.45) is 0 Å². The molecule has 0 unspecified atom stereocenters. The van der Waals surface area contributed by atoms with Crippen LogP contribution >= 0.6 is 11.3 Å². The number of rotatable bonds is 4. The number of thiophene rings is 1. The molecule has 4 nitrogen and oxygen atoms in total. The highest BCUT2D eigenvalue weighted by Crippen LogP contribution is 2.35. The Kier molecular flexibility index (Phi) is 4.06. The number of nitrogens with two attached hydrogens (primary N) is 1. The number of Topliss-reactive ketones (excluding diaryl/α,β-unsaturated/α-hetero) is 1. The summed E-state index contributed by atoms with van der Waals surface area (Å²) >= 11 is 1.24. The standard InChI is InChI=1S/C15H15N3OS/c1-9-5-3-4-6-11(9)8-18-15-12(7-16)13(17)14(20-15)10(2)19/h3-6,18H,8,17H2,1-2H3. The molecule has 20 heavy (non-hydrogen) atoms. The van der Waals surface area contributed by atoms with Crippen LogP contribution < -0.4 is 11.1 Å². The summed E-state index contributed by atoms with van der Waals surface area (Å²) in [4.78, 5) is 11.9. The summed E-state index contributed by atoms with van der Waals surface area (Å²) in [6.07, 6.45) is 0. The summed E-state index contributed by atoms with van der Waals surface area (Å²) < 4.78 is 0. The summed E-state index contributed by atoms with van der Waals surface area (Å²) in [5, 5.41) is 13.0. The first-order valence-corrected chi connectivity index (χ1v) is 6.98. The molecule has 0 fully saturated rings. The van der Waals surface area contributed by atoms with Crippen LogP contribution in [-0.2, 0) is 6.54 Å². The number of anilines is 2. The summed E-state index contributed by atoms with van der Waals surface area (Å²) in [5.74, 6) is -0.118. The smallest absolute Gasteiger partial charge is 0.171 e. The van der Waals surface area contributed by atoms with Crippen molar-refractivity contribution in [3.8, 4) is 6.07 Å². The zero-order valence-corrected chi connectivity index (χ0v) is 12.2. The van der Waals surface area contributed by atoms with Crippen LogP contribution in [-0.4, -0.2) is 5.78 Å². The van der Waals surface area contributed by atoms with E-state index in [9.17, 15) is 10.1 Å². The van der Waals surface area contributed by atoms with Gasteiger partial charge in [-0.15, -0.1) is 11.3 Å². The van der Waals surface area contributed by atoms with Crippen LogP contribution in [0.4, 0.5) is 10.7 Å². The van der Waals surface area contributed by atoms with Gasteiger partial charge in [0.1, 0.15) is 16.6 Å². The number of hydrogen-bond donors (Lipinski definition) is 2. The SMILES string of the molecule is CC(=O)c1sc(NCc2ccccc2C)c(C#N)c1N. The van der Waals surface area contributed by atoms with E-state index < -0.39 is 0 Å². The molecular weight excluding hydrogens is 270 g/mol. The maximum Gasteiger partial charge on any atom is 0.171 e. The Labute approximate surface area is 121 Å². The fraction of sp³-hybridized carbons (Fsp3) is 0.200. The summed E-state index contributed by atoms with van der Waals surface area (Å²) in [6, 6.07) is 10.1. The van der Waals surface area contributed by atoms with E-state index in [1.807, 2.05) is 31.2 Å². The van der Waals surface area contributed by atoms with Crippen LogP contribution in [0.25, 0.3) is 0 Å². The highest BCUT2D eigenvalue weighted by molar-refractivity contribution is 7.18. The first kappa shape index (κ1) is 14.1. The number of carbonyl (C=O) groups is 1. The van der Waals surface area contributed by atoms with E-state index in [2.05, 4.69) is 11.4 Å². The molecule has 0 radical (unpaired) electrons. The number of aryl methyl sites for hydroxylation is 1. The van der Waals surface area contributed by atoms with E-state index in [-0.39, 0.29) is 11.5 Å². The third-order valence-electron chi connectivity index (χ3n) is 3.08. The molecule has 2 aromatic rings. The van der Waals surface area contributed by atoms with Crippen molar-refractivity contribution in [1.82, 2.24) is 0 Å². The minimum atomic E-state index is -0.118. The average Bonchev–Trinajstić information content (AvgIpc) is 2.74. The Bertz CT molecular complexity index is 698. The van der Waals surface area contributed by atoms with Crippen LogP contribution in [0.3, 0.4) is 0 Å². The van der Waals surface area contributed by atoms with Crippen molar-refractivity contribution in [2.75, 3.05) is 11.1 Å². The maximum atomic E-state index is 11.5. The third kappa shape index (κ3) is 2.65. The number of nitrogens with zero attached hydrogens (tertiary/aromatic N) is 1. The van der Waals surface area contributed by atoms with Crippen molar-refractivity contribution in [3.63, 3.8) is 0 Å². The highest BCUT2D eigenvalue weighted by atomic mass is 32.1. The topological polar surface area (TPSA) is 78.9 Å². The van der Waals surface area contributed by atoms with Gasteiger partial charge < -0.3 is 11.1 Å². The van der Waals surface area contributed by atoms with Gasteiger partial charge in [-0.1, -0.05) is 24.3 Å². The number of nitrogen functional groups attached to an aromatic ring is 1. The number of ketones is 1. The van der Waals surface area contributed by atoms with Crippen LogP contribution in [0.5, 0.6) is 0 Å². The molecule has 0 bridgehead atoms. The lowest BCUT2D eigenvalue weighted by Gasteiger charge is -2.07. The van der Waals surface area contributed by atoms with Gasteiger partial charge in [0.15, 0.2) is 5.78 Å². The van der Waals surface area contributed by atoms with Gasteiger partial charge in [-0.3, -0.25) is 4.79 Å². The summed E-state index contributed by atoms with van der Waals surface area (Å²) in [6.45, 7) is 4.08. The fourth-order valence-corrected chi connectivity index (χ4v) is 2.89. The molecule has 0 aliphatic heterocycles. The molecule has 0 saturated heterocycles. The summed E-state index contributed by atoms with van der Waals surface area (Å²) in [7, 11) is 0. The third-order valence-corrected chi connectivity index (χ3v) is 4.34. The van der Waals surface area contributed by atoms with Gasteiger partial charge in [-0.05, 0) is 18.1 Å². The number of benzene rings is 1. The van der Waals surface area contributed by atoms with Gasteiger partial charge in [-0.25, -0.2) is 0 Å². The molecule has 2 rings (SSSR count). The van der Waals surface area contributed by atoms with E-state index in [0.29, 0.717) is 22.0 Å². The maximum absolute atomic E-state index is 11.5. The van der Waals surface area contributed by atoms with Crippen molar-refractivity contribution in [1.29, 1.82) is 5.26 Å². The molecule has 1 heterocycles. The largest absolute Gasteiger partial charge is 0.396 e. The van der Waals surface area contributed by atoms with Gasteiger partial charge in [0, 0.05) is 13.5 Å². The Hall–Kier alpha value is -2.32. The first-order valence-electron chi connectivity index (χ1n) is 6.16. The van der Waals surface area contributed by atoms with Crippen molar-refractivity contribution >= 4 is 27.8 Å². The van der Waals surface area contributed by atoms with Gasteiger partial charge in [-0.2, -0.15) is 5.26 Å². The molecule has 0 aliphatic rings. The molecule has 0 amide bonds. The van der Waals surface area contributed by atoms with Crippen molar-refractivity contribution in [2.45, 2.75) is 20.4 Å². The van der Waals surface area contributed by atoms with E-state index in [0.717, 1.165) is 5.56 Å². The van der Waals surface area contributed by atoms with Crippen LogP contribution in [0.1, 0.15) is 33.3 Å². The van der Waals surface area contributed by atoms with Gasteiger partial charge in [0.2, 0.25) is 0 Å². The number of hydrogen-bond acceptors (Lipinski definition) is 5. The molecule has 102 valence electrons. The van der Waals surface area contributed by atoms with Gasteiger partial charge >= 0.3 is 0 Å². The predicted octanol–water partition coefficient (Wildman–Crippen LogP) is 3.33. The Balaban J connectivity index is 2.27. The quantitative estimate of drug-likeness (QED) is 0.844. The van der Waals surface area contributed by atoms with Gasteiger partial charge in [0.25, 0.3) is 0 Å². The monoisotopic (exact) mass is 285 g/mol. The van der Waals surface area contributed by atoms with E-state index in [4.69, 9.17) is 5.73 Å².